The number of halogens is 1. The number of imidazole rings is 1. The van der Waals surface area contributed by atoms with E-state index < -0.39 is 0 Å². The minimum Gasteiger partial charge on any atom is -0.455 e. The molecule has 0 N–H and O–H groups in total. The Balaban J connectivity index is 1.37. The van der Waals surface area contributed by atoms with Crippen molar-refractivity contribution in [3.8, 4) is 28.2 Å². The minimum absolute atomic E-state index is 0.229. The van der Waals surface area contributed by atoms with Crippen LogP contribution in [0.5, 0.6) is 0 Å². The van der Waals surface area contributed by atoms with Gasteiger partial charge in [0.1, 0.15) is 22.8 Å². The first-order valence-electron chi connectivity index (χ1n) is 17.0. The average Bonchev–Trinajstić information content (AvgIpc) is 3.69. The molecular formula is C45H35FN2O. The van der Waals surface area contributed by atoms with Gasteiger partial charge in [-0.2, -0.15) is 0 Å². The van der Waals surface area contributed by atoms with E-state index in [1.165, 1.54) is 22.3 Å². The van der Waals surface area contributed by atoms with Crippen molar-refractivity contribution in [2.45, 2.75) is 39.5 Å². The Labute approximate surface area is 284 Å². The normalized spacial score (nSPS) is 12.1. The van der Waals surface area contributed by atoms with Crippen LogP contribution in [0.15, 0.2) is 132 Å². The van der Waals surface area contributed by atoms with E-state index in [4.69, 9.17) is 9.40 Å². The van der Waals surface area contributed by atoms with Gasteiger partial charge in [-0.1, -0.05) is 107 Å². The fourth-order valence-electron chi connectivity index (χ4n) is 7.57. The minimum atomic E-state index is -0.307. The third kappa shape index (κ3) is 4.58. The summed E-state index contributed by atoms with van der Waals surface area (Å²) in [5.41, 5.74) is 9.77. The summed E-state index contributed by atoms with van der Waals surface area (Å²) < 4.78 is 25.0. The van der Waals surface area contributed by atoms with Gasteiger partial charge in [0, 0.05) is 5.39 Å². The summed E-state index contributed by atoms with van der Waals surface area (Å²) in [6.45, 7) is 9.00. The molecule has 0 aliphatic rings. The Hall–Kier alpha value is -5.74. The Morgan fingerprint density at radius 3 is 2.08 bits per heavy atom. The van der Waals surface area contributed by atoms with Crippen molar-refractivity contribution in [3.63, 3.8) is 0 Å². The van der Waals surface area contributed by atoms with Gasteiger partial charge in [-0.3, -0.25) is 4.57 Å². The molecule has 0 aliphatic heterocycles. The summed E-state index contributed by atoms with van der Waals surface area (Å²) in [6, 6.07) is 43.6. The standard InChI is InChI=1S/C45H35FN2O/c1-26(2)34-23-31(28-12-6-5-7-13-28)24-35(27(3)4)43(34)48-40-17-11-10-16-39(40)47-45(48)33-20-21-38(46)42-37-22-30-19-18-29-14-8-9-15-32(29)36(30)25-41(37)49-44(33)42/h5-27H,1-4H3. The third-order valence-electron chi connectivity index (χ3n) is 9.98. The topological polar surface area (TPSA) is 31.0 Å². The van der Waals surface area contributed by atoms with E-state index in [-0.39, 0.29) is 17.7 Å². The number of rotatable bonds is 5. The van der Waals surface area contributed by atoms with Crippen molar-refractivity contribution < 1.29 is 8.81 Å². The first-order valence-corrected chi connectivity index (χ1v) is 17.0. The summed E-state index contributed by atoms with van der Waals surface area (Å²) in [7, 11) is 0. The largest absolute Gasteiger partial charge is 0.455 e. The lowest BCUT2D eigenvalue weighted by Gasteiger charge is -2.24. The van der Waals surface area contributed by atoms with E-state index in [1.54, 1.807) is 6.07 Å². The van der Waals surface area contributed by atoms with Crippen LogP contribution in [-0.4, -0.2) is 9.55 Å². The monoisotopic (exact) mass is 638 g/mol. The van der Waals surface area contributed by atoms with Crippen molar-refractivity contribution in [2.24, 2.45) is 0 Å². The molecule has 9 rings (SSSR count). The molecule has 0 bridgehead atoms. The second-order valence-corrected chi connectivity index (χ2v) is 13.7. The van der Waals surface area contributed by atoms with Crippen LogP contribution in [-0.2, 0) is 0 Å². The van der Waals surface area contributed by atoms with Gasteiger partial charge in [-0.05, 0) is 104 Å². The molecule has 0 saturated heterocycles. The average molecular weight is 639 g/mol. The predicted molar refractivity (Wildman–Crippen MR) is 202 cm³/mol. The predicted octanol–water partition coefficient (Wildman–Crippen LogP) is 13.0. The van der Waals surface area contributed by atoms with Gasteiger partial charge >= 0.3 is 0 Å². The second kappa shape index (κ2) is 11.2. The van der Waals surface area contributed by atoms with Gasteiger partial charge in [0.25, 0.3) is 0 Å². The van der Waals surface area contributed by atoms with Crippen molar-refractivity contribution in [1.82, 2.24) is 9.55 Å². The number of benzene rings is 7. The smallest absolute Gasteiger partial charge is 0.149 e. The molecule has 2 aromatic heterocycles. The van der Waals surface area contributed by atoms with Crippen molar-refractivity contribution >= 4 is 54.5 Å². The Bertz CT molecular complexity index is 2700. The molecular weight excluding hydrogens is 604 g/mol. The highest BCUT2D eigenvalue weighted by Crippen LogP contribution is 2.44. The lowest BCUT2D eigenvalue weighted by atomic mass is 9.88. The molecule has 0 atom stereocenters. The zero-order chi connectivity index (χ0) is 33.4. The van der Waals surface area contributed by atoms with E-state index in [2.05, 4.69) is 135 Å². The highest BCUT2D eigenvalue weighted by atomic mass is 19.1. The maximum Gasteiger partial charge on any atom is 0.149 e. The van der Waals surface area contributed by atoms with Crippen LogP contribution < -0.4 is 0 Å². The zero-order valence-corrected chi connectivity index (χ0v) is 28.0. The summed E-state index contributed by atoms with van der Waals surface area (Å²) in [5.74, 6) is 0.883. The van der Waals surface area contributed by atoms with Crippen LogP contribution in [0.25, 0.3) is 82.7 Å². The molecule has 2 heterocycles. The van der Waals surface area contributed by atoms with Gasteiger partial charge in [0.05, 0.1) is 27.7 Å². The Kier molecular flexibility index (Phi) is 6.70. The number of furan rings is 1. The molecule has 0 radical (unpaired) electrons. The van der Waals surface area contributed by atoms with E-state index in [0.29, 0.717) is 16.6 Å². The number of para-hydroxylation sites is 2. The second-order valence-electron chi connectivity index (χ2n) is 13.7. The van der Waals surface area contributed by atoms with E-state index >= 15 is 4.39 Å². The molecule has 0 amide bonds. The Morgan fingerprint density at radius 1 is 0.612 bits per heavy atom. The van der Waals surface area contributed by atoms with E-state index in [0.717, 1.165) is 55.0 Å². The Morgan fingerprint density at radius 2 is 1.31 bits per heavy atom. The highest BCUT2D eigenvalue weighted by molar-refractivity contribution is 6.17. The summed E-state index contributed by atoms with van der Waals surface area (Å²) in [6.07, 6.45) is 0. The summed E-state index contributed by atoms with van der Waals surface area (Å²) in [5, 5.41) is 5.68. The van der Waals surface area contributed by atoms with Crippen LogP contribution in [0.1, 0.15) is 50.7 Å². The van der Waals surface area contributed by atoms with E-state index in [1.807, 2.05) is 18.2 Å². The van der Waals surface area contributed by atoms with Crippen molar-refractivity contribution in [1.29, 1.82) is 0 Å². The highest BCUT2D eigenvalue weighted by Gasteiger charge is 2.26. The first kappa shape index (κ1) is 29.4. The molecule has 0 saturated carbocycles. The molecule has 238 valence electrons. The van der Waals surface area contributed by atoms with Gasteiger partial charge in [0.15, 0.2) is 0 Å². The molecule has 4 heteroatoms. The van der Waals surface area contributed by atoms with Gasteiger partial charge in [-0.25, -0.2) is 9.37 Å². The van der Waals surface area contributed by atoms with Gasteiger partial charge < -0.3 is 4.42 Å². The summed E-state index contributed by atoms with van der Waals surface area (Å²) >= 11 is 0. The zero-order valence-electron chi connectivity index (χ0n) is 28.0. The molecule has 3 nitrogen and oxygen atoms in total. The van der Waals surface area contributed by atoms with Crippen LogP contribution >= 0.6 is 0 Å². The quantitative estimate of drug-likeness (QED) is 0.176. The van der Waals surface area contributed by atoms with Crippen molar-refractivity contribution in [2.75, 3.05) is 0 Å². The van der Waals surface area contributed by atoms with Crippen LogP contribution in [0.4, 0.5) is 4.39 Å². The number of aromatic nitrogens is 2. The summed E-state index contributed by atoms with van der Waals surface area (Å²) in [4.78, 5) is 5.27. The SMILES string of the molecule is CC(C)c1cc(-c2ccccc2)cc(C(C)C)c1-n1c(-c2ccc(F)c3c2oc2cc4c(ccc5ccccc54)cc23)nc2ccccc21. The van der Waals surface area contributed by atoms with Crippen molar-refractivity contribution in [3.05, 3.63) is 144 Å². The maximum absolute atomic E-state index is 16.0. The van der Waals surface area contributed by atoms with Gasteiger partial charge in [0.2, 0.25) is 0 Å². The molecule has 49 heavy (non-hydrogen) atoms. The van der Waals surface area contributed by atoms with E-state index in [9.17, 15) is 0 Å². The first-order chi connectivity index (χ1) is 23.9. The third-order valence-corrected chi connectivity index (χ3v) is 9.98. The van der Waals surface area contributed by atoms with Gasteiger partial charge in [-0.15, -0.1) is 0 Å². The van der Waals surface area contributed by atoms with Crippen LogP contribution in [0, 0.1) is 5.82 Å². The maximum atomic E-state index is 16.0. The lowest BCUT2D eigenvalue weighted by Crippen LogP contribution is -2.09. The number of nitrogens with zero attached hydrogens (tertiary/aromatic N) is 2. The fourth-order valence-corrected chi connectivity index (χ4v) is 7.57. The molecule has 0 unspecified atom stereocenters. The molecule has 9 aromatic rings. The number of fused-ring (bicyclic) bond motifs is 7. The molecule has 0 aliphatic carbocycles. The lowest BCUT2D eigenvalue weighted by molar-refractivity contribution is 0.634. The molecule has 7 aromatic carbocycles. The fraction of sp³-hybridized carbons (Fsp3) is 0.133. The number of hydrogen-bond donors (Lipinski definition) is 0. The molecule has 0 fully saturated rings. The van der Waals surface area contributed by atoms with Crippen LogP contribution in [0.2, 0.25) is 0 Å². The molecule has 0 spiro atoms. The van der Waals surface area contributed by atoms with Crippen LogP contribution in [0.3, 0.4) is 0 Å². The number of hydrogen-bond acceptors (Lipinski definition) is 2.